The number of nitrogens with zero attached hydrogens (tertiary/aromatic N) is 4. The van der Waals surface area contributed by atoms with Crippen LogP contribution in [0.1, 0.15) is 33.4 Å². The number of ether oxygens (including phenoxy) is 1. The number of nitrogen functional groups attached to an aromatic ring is 1. The largest absolute Gasteiger partial charge is 0.390 e. The molecule has 0 spiro atoms. The molecular formula is C12H18ClN5O2. The summed E-state index contributed by atoms with van der Waals surface area (Å²) < 4.78 is 7.35. The molecule has 1 aliphatic heterocycles. The van der Waals surface area contributed by atoms with Crippen LogP contribution < -0.4 is 5.73 Å². The van der Waals surface area contributed by atoms with E-state index in [1.54, 1.807) is 10.9 Å². The highest BCUT2D eigenvalue weighted by atomic mass is 35.5. The summed E-state index contributed by atoms with van der Waals surface area (Å²) in [6.07, 6.45) is 1.02. The van der Waals surface area contributed by atoms with Gasteiger partial charge in [-0.1, -0.05) is 13.8 Å². The van der Waals surface area contributed by atoms with Crippen LogP contribution in [-0.4, -0.2) is 36.8 Å². The summed E-state index contributed by atoms with van der Waals surface area (Å²) >= 11 is 5.78. The van der Waals surface area contributed by atoms with Crippen LogP contribution >= 0.6 is 11.6 Å². The Bertz CT molecular complexity index is 593. The smallest absolute Gasteiger partial charge is 0.226 e. The van der Waals surface area contributed by atoms with E-state index in [0.29, 0.717) is 17.6 Å². The zero-order valence-corrected chi connectivity index (χ0v) is 12.4. The first-order valence-corrected chi connectivity index (χ1v) is 6.93. The highest BCUT2D eigenvalue weighted by Gasteiger charge is 2.32. The molecular weight excluding hydrogens is 282 g/mol. The van der Waals surface area contributed by atoms with Gasteiger partial charge in [-0.3, -0.25) is 4.57 Å². The summed E-state index contributed by atoms with van der Waals surface area (Å²) in [4.78, 5) is 12.1. The van der Waals surface area contributed by atoms with E-state index in [9.17, 15) is 5.11 Å². The van der Waals surface area contributed by atoms with Gasteiger partial charge in [0, 0.05) is 6.42 Å². The van der Waals surface area contributed by atoms with Gasteiger partial charge in [0.15, 0.2) is 11.5 Å². The fourth-order valence-electron chi connectivity index (χ4n) is 2.09. The van der Waals surface area contributed by atoms with Crippen molar-refractivity contribution in [2.45, 2.75) is 45.6 Å². The van der Waals surface area contributed by atoms with E-state index in [2.05, 4.69) is 15.0 Å². The topological polar surface area (TPSA) is 99.1 Å². The predicted molar refractivity (Wildman–Crippen MR) is 76.3 cm³/mol. The van der Waals surface area contributed by atoms with Crippen LogP contribution in [0.4, 0.5) is 5.82 Å². The summed E-state index contributed by atoms with van der Waals surface area (Å²) in [5.41, 5.74) is 6.72. The van der Waals surface area contributed by atoms with E-state index in [0.717, 1.165) is 0 Å². The molecule has 0 saturated carbocycles. The number of aliphatic hydroxyl groups is 1. The van der Waals surface area contributed by atoms with Crippen LogP contribution in [0.5, 0.6) is 0 Å². The van der Waals surface area contributed by atoms with E-state index in [-0.39, 0.29) is 23.4 Å². The van der Waals surface area contributed by atoms with Crippen LogP contribution in [0, 0.1) is 0 Å². The third-order valence-electron chi connectivity index (χ3n) is 3.09. The molecule has 2 aromatic rings. The highest BCUT2D eigenvalue weighted by Crippen LogP contribution is 2.31. The molecule has 2 aromatic heterocycles. The van der Waals surface area contributed by atoms with Crippen molar-refractivity contribution in [2.75, 3.05) is 5.73 Å². The molecule has 1 unspecified atom stereocenters. The van der Waals surface area contributed by atoms with Crippen molar-refractivity contribution >= 4 is 28.6 Å². The summed E-state index contributed by atoms with van der Waals surface area (Å²) in [5.74, 6) is 0.232. The molecule has 1 aliphatic rings. The van der Waals surface area contributed by atoms with Gasteiger partial charge < -0.3 is 15.6 Å². The van der Waals surface area contributed by atoms with Crippen molar-refractivity contribution in [3.05, 3.63) is 11.6 Å². The Kier molecular flexibility index (Phi) is 4.42. The number of fused-ring (bicyclic) bond motifs is 1. The summed E-state index contributed by atoms with van der Waals surface area (Å²) in [6.45, 7) is 5.82. The van der Waals surface area contributed by atoms with Crippen molar-refractivity contribution in [3.63, 3.8) is 0 Å². The van der Waals surface area contributed by atoms with Crippen molar-refractivity contribution in [1.82, 2.24) is 19.5 Å². The number of nitrogens with two attached hydrogens (primary N) is 1. The Hall–Kier alpha value is -1.44. The first-order valence-electron chi connectivity index (χ1n) is 6.55. The summed E-state index contributed by atoms with van der Waals surface area (Å²) in [6, 6.07) is 0. The number of hydrogen-bond acceptors (Lipinski definition) is 6. The molecule has 20 heavy (non-hydrogen) atoms. The maximum Gasteiger partial charge on any atom is 0.226 e. The number of halogens is 1. The first-order chi connectivity index (χ1) is 9.56. The molecule has 1 fully saturated rings. The monoisotopic (exact) mass is 299 g/mol. The maximum absolute atomic E-state index is 9.71. The molecule has 0 amide bonds. The molecule has 3 rings (SSSR count). The van der Waals surface area contributed by atoms with Gasteiger partial charge in [-0.25, -0.2) is 4.98 Å². The van der Waals surface area contributed by atoms with Crippen molar-refractivity contribution in [2.24, 2.45) is 0 Å². The lowest BCUT2D eigenvalue weighted by molar-refractivity contribution is -0.00632. The second-order valence-corrected chi connectivity index (χ2v) is 4.64. The molecule has 3 heterocycles. The van der Waals surface area contributed by atoms with Crippen molar-refractivity contribution in [3.8, 4) is 0 Å². The molecule has 0 aromatic carbocycles. The molecule has 0 bridgehead atoms. The minimum atomic E-state index is -0.498. The van der Waals surface area contributed by atoms with E-state index in [1.165, 1.54) is 0 Å². The Morgan fingerprint density at radius 1 is 1.45 bits per heavy atom. The van der Waals surface area contributed by atoms with Crippen molar-refractivity contribution < 1.29 is 9.84 Å². The van der Waals surface area contributed by atoms with Crippen LogP contribution in [0.15, 0.2) is 6.33 Å². The third-order valence-corrected chi connectivity index (χ3v) is 3.26. The van der Waals surface area contributed by atoms with Crippen LogP contribution in [0.3, 0.4) is 0 Å². The summed E-state index contributed by atoms with van der Waals surface area (Å²) in [7, 11) is 0. The van der Waals surface area contributed by atoms with Gasteiger partial charge in [0.05, 0.1) is 18.5 Å². The minimum absolute atomic E-state index is 0.0633. The third kappa shape index (κ3) is 2.56. The zero-order valence-electron chi connectivity index (χ0n) is 11.6. The van der Waals surface area contributed by atoms with Gasteiger partial charge in [-0.2, -0.15) is 9.97 Å². The van der Waals surface area contributed by atoms with Gasteiger partial charge in [0.2, 0.25) is 5.28 Å². The summed E-state index contributed by atoms with van der Waals surface area (Å²) in [5, 5.41) is 9.77. The Morgan fingerprint density at radius 3 is 2.75 bits per heavy atom. The highest BCUT2D eigenvalue weighted by molar-refractivity contribution is 6.28. The van der Waals surface area contributed by atoms with Gasteiger partial charge in [0.1, 0.15) is 11.7 Å². The molecule has 3 N–H and O–H groups in total. The molecule has 0 aliphatic carbocycles. The van der Waals surface area contributed by atoms with E-state index >= 15 is 0 Å². The number of imidazole rings is 1. The van der Waals surface area contributed by atoms with Gasteiger partial charge in [-0.05, 0) is 18.5 Å². The van der Waals surface area contributed by atoms with Crippen LogP contribution in [0.25, 0.3) is 11.2 Å². The van der Waals surface area contributed by atoms with Gasteiger partial charge in [0.25, 0.3) is 0 Å². The molecule has 1 saturated heterocycles. The second kappa shape index (κ2) is 5.90. The minimum Gasteiger partial charge on any atom is -0.390 e. The van der Waals surface area contributed by atoms with Gasteiger partial charge >= 0.3 is 0 Å². The SMILES string of the molecule is CC.CC1O[C@@H](n2cnc3c(N)nc(Cl)nc32)C[C@H]1O. The quantitative estimate of drug-likeness (QED) is 0.778. The lowest BCUT2D eigenvalue weighted by Gasteiger charge is -2.12. The zero-order chi connectivity index (χ0) is 14.9. The molecule has 0 radical (unpaired) electrons. The van der Waals surface area contributed by atoms with Gasteiger partial charge in [-0.15, -0.1) is 0 Å². The molecule has 110 valence electrons. The predicted octanol–water partition coefficient (Wildman–Crippen LogP) is 1.76. The Morgan fingerprint density at radius 2 is 2.15 bits per heavy atom. The normalized spacial score (nSPS) is 25.6. The lowest BCUT2D eigenvalue weighted by Crippen LogP contribution is -2.15. The standard InChI is InChI=1S/C10H12ClN5O2.C2H6/c1-4-5(17)2-6(18-4)16-3-13-7-8(12)14-10(11)15-9(7)16;1-2/h3-6,17H,2H2,1H3,(H2,12,14,15);1-2H3/t4?,5-,6-;/m1./s1. The van der Waals surface area contributed by atoms with E-state index in [1.807, 2.05) is 20.8 Å². The van der Waals surface area contributed by atoms with E-state index in [4.69, 9.17) is 22.1 Å². The van der Waals surface area contributed by atoms with Crippen molar-refractivity contribution in [1.29, 1.82) is 0 Å². The average Bonchev–Trinajstić information content (AvgIpc) is 2.96. The Balaban J connectivity index is 0.000000704. The fraction of sp³-hybridized carbons (Fsp3) is 0.583. The lowest BCUT2D eigenvalue weighted by atomic mass is 10.2. The average molecular weight is 300 g/mol. The molecule has 8 heteroatoms. The fourth-order valence-corrected chi connectivity index (χ4v) is 2.26. The van der Waals surface area contributed by atoms with Crippen LogP contribution in [0.2, 0.25) is 5.28 Å². The Labute approximate surface area is 121 Å². The number of rotatable bonds is 1. The number of aromatic nitrogens is 4. The number of hydrogen-bond donors (Lipinski definition) is 2. The van der Waals surface area contributed by atoms with Crippen LogP contribution in [-0.2, 0) is 4.74 Å². The number of aliphatic hydroxyl groups excluding tert-OH is 1. The number of anilines is 1. The molecule has 7 nitrogen and oxygen atoms in total. The molecule has 3 atom stereocenters. The van der Waals surface area contributed by atoms with E-state index < -0.39 is 6.10 Å². The maximum atomic E-state index is 9.71. The second-order valence-electron chi connectivity index (χ2n) is 4.30. The first kappa shape index (κ1) is 15.0.